The average Bonchev–Trinajstić information content (AvgIpc) is 2.81. The Bertz CT molecular complexity index is 1120. The van der Waals surface area contributed by atoms with E-state index in [0.29, 0.717) is 11.7 Å². The van der Waals surface area contributed by atoms with Gasteiger partial charge in [0.15, 0.2) is 0 Å². The summed E-state index contributed by atoms with van der Waals surface area (Å²) in [5.41, 5.74) is 2.99. The van der Waals surface area contributed by atoms with Gasteiger partial charge in [0.25, 0.3) is 10.0 Å². The molecule has 0 aromatic heterocycles. The van der Waals surface area contributed by atoms with Gasteiger partial charge in [-0.2, -0.15) is 0 Å². The van der Waals surface area contributed by atoms with Gasteiger partial charge in [0.05, 0.1) is 21.8 Å². The largest absolute Gasteiger partial charge is 0.478 e. The first kappa shape index (κ1) is 23.6. The lowest BCUT2D eigenvalue weighted by Gasteiger charge is -2.41. The van der Waals surface area contributed by atoms with Gasteiger partial charge in [0.1, 0.15) is 0 Å². The highest BCUT2D eigenvalue weighted by molar-refractivity contribution is 7.92. The van der Waals surface area contributed by atoms with Crippen LogP contribution in [0.3, 0.4) is 0 Å². The molecule has 0 spiro atoms. The lowest BCUT2D eigenvalue weighted by molar-refractivity contribution is 0.0697. The molecule has 0 atom stereocenters. The third-order valence-corrected chi connectivity index (χ3v) is 8.35. The van der Waals surface area contributed by atoms with Gasteiger partial charge < -0.3 is 14.9 Å². The second-order valence-corrected chi connectivity index (χ2v) is 10.9. The first-order valence-corrected chi connectivity index (χ1v) is 13.2. The molecule has 2 aliphatic rings. The lowest BCUT2D eigenvalue weighted by Crippen LogP contribution is -2.46. The molecule has 2 aromatic carbocycles. The molecule has 2 N–H and O–H groups in total. The molecule has 7 nitrogen and oxygen atoms in total. The fraction of sp³-hybridized carbons (Fsp3) is 0.480. The van der Waals surface area contributed by atoms with Crippen LogP contribution in [-0.4, -0.2) is 56.6 Å². The van der Waals surface area contributed by atoms with E-state index in [0.717, 1.165) is 42.7 Å². The number of anilines is 2. The van der Waals surface area contributed by atoms with Gasteiger partial charge in [-0.15, -0.1) is 0 Å². The van der Waals surface area contributed by atoms with Crippen molar-refractivity contribution in [1.82, 2.24) is 4.90 Å². The van der Waals surface area contributed by atoms with Crippen LogP contribution in [0.1, 0.15) is 53.6 Å². The highest BCUT2D eigenvalue weighted by Crippen LogP contribution is 2.33. The topological polar surface area (TPSA) is 89.9 Å². The number of sulfonamides is 1. The summed E-state index contributed by atoms with van der Waals surface area (Å²) in [6.07, 6.45) is 5.88. The normalized spacial score (nSPS) is 18.3. The van der Waals surface area contributed by atoms with Gasteiger partial charge in [-0.25, -0.2) is 13.2 Å². The second-order valence-electron chi connectivity index (χ2n) is 9.20. The Morgan fingerprint density at radius 1 is 0.939 bits per heavy atom. The number of carboxylic acid groups (broad SMARTS) is 1. The summed E-state index contributed by atoms with van der Waals surface area (Å²) in [5.74, 6) is -1.09. The smallest absolute Gasteiger partial charge is 0.335 e. The van der Waals surface area contributed by atoms with Gasteiger partial charge in [-0.3, -0.25) is 4.72 Å². The number of likely N-dealkylation sites (tertiary alicyclic amines) is 1. The van der Waals surface area contributed by atoms with Gasteiger partial charge in [0.2, 0.25) is 0 Å². The van der Waals surface area contributed by atoms with Gasteiger partial charge in [-0.05, 0) is 94.1 Å². The Morgan fingerprint density at radius 2 is 1.64 bits per heavy atom. The molecule has 2 heterocycles. The van der Waals surface area contributed by atoms with E-state index in [1.165, 1.54) is 38.4 Å². The number of aryl methyl sites for hydroxylation is 2. The zero-order valence-corrected chi connectivity index (χ0v) is 20.2. The van der Waals surface area contributed by atoms with Crippen LogP contribution in [0.5, 0.6) is 0 Å². The lowest BCUT2D eigenvalue weighted by atomic mass is 9.99. The molecule has 2 aromatic rings. The summed E-state index contributed by atoms with van der Waals surface area (Å²) in [6, 6.07) is 10.3. The molecular formula is C25H33N3O4S. The van der Waals surface area contributed by atoms with Gasteiger partial charge in [-0.1, -0.05) is 12.5 Å². The van der Waals surface area contributed by atoms with E-state index in [-0.39, 0.29) is 10.5 Å². The monoisotopic (exact) mass is 471 g/mol. The zero-order chi connectivity index (χ0) is 23.6. The predicted molar refractivity (Wildman–Crippen MR) is 131 cm³/mol. The number of hydrogen-bond donors (Lipinski definition) is 2. The molecule has 2 fully saturated rings. The molecule has 0 saturated carbocycles. The fourth-order valence-corrected chi connectivity index (χ4v) is 6.02. The van der Waals surface area contributed by atoms with E-state index in [9.17, 15) is 18.3 Å². The molecule has 4 rings (SSSR count). The number of piperidine rings is 2. The van der Waals surface area contributed by atoms with Crippen LogP contribution >= 0.6 is 0 Å². The highest BCUT2D eigenvalue weighted by atomic mass is 32.2. The first-order valence-electron chi connectivity index (χ1n) is 11.7. The molecule has 0 radical (unpaired) electrons. The third-order valence-electron chi connectivity index (χ3n) is 6.99. The maximum absolute atomic E-state index is 13.2. The molecule has 2 saturated heterocycles. The standard InChI is InChI=1S/C25H33N3O4S/c1-18-6-8-22(16-19(18)2)33(31,32)26-23-17-20(25(29)30)7-9-24(23)28-14-10-21(11-15-28)27-12-4-3-5-13-27/h6-9,16-17,21,26H,3-5,10-15H2,1-2H3,(H,29,30). The number of rotatable bonds is 6. The van der Waals surface area contributed by atoms with E-state index >= 15 is 0 Å². The van der Waals surface area contributed by atoms with E-state index in [4.69, 9.17) is 0 Å². The molecule has 0 amide bonds. The Morgan fingerprint density at radius 3 is 2.27 bits per heavy atom. The van der Waals surface area contributed by atoms with Crippen molar-refractivity contribution in [2.24, 2.45) is 0 Å². The van der Waals surface area contributed by atoms with Crippen LogP contribution in [0.15, 0.2) is 41.3 Å². The van der Waals surface area contributed by atoms with Crippen LogP contribution in [-0.2, 0) is 10.0 Å². The summed E-state index contributed by atoms with van der Waals surface area (Å²) < 4.78 is 29.0. The minimum Gasteiger partial charge on any atom is -0.478 e. The first-order chi connectivity index (χ1) is 15.7. The van der Waals surface area contributed by atoms with Crippen LogP contribution < -0.4 is 9.62 Å². The van der Waals surface area contributed by atoms with Crippen LogP contribution in [0.2, 0.25) is 0 Å². The number of carboxylic acids is 1. The van der Waals surface area contributed by atoms with E-state index in [2.05, 4.69) is 14.5 Å². The van der Waals surface area contributed by atoms with E-state index < -0.39 is 16.0 Å². The molecule has 8 heteroatoms. The average molecular weight is 472 g/mol. The molecule has 2 aliphatic heterocycles. The van der Waals surface area contributed by atoms with Crippen molar-refractivity contribution in [2.75, 3.05) is 35.8 Å². The van der Waals surface area contributed by atoms with Crippen LogP contribution in [0, 0.1) is 13.8 Å². The van der Waals surface area contributed by atoms with Crippen molar-refractivity contribution in [1.29, 1.82) is 0 Å². The highest BCUT2D eigenvalue weighted by Gasteiger charge is 2.28. The fourth-order valence-electron chi connectivity index (χ4n) is 4.87. The molecule has 33 heavy (non-hydrogen) atoms. The minimum atomic E-state index is -3.86. The number of carbonyl (C=O) groups is 1. The number of hydrogen-bond acceptors (Lipinski definition) is 5. The molecule has 0 aliphatic carbocycles. The molecule has 0 unspecified atom stereocenters. The molecule has 0 bridgehead atoms. The Kier molecular flexibility index (Phi) is 6.95. The van der Waals surface area contributed by atoms with Gasteiger partial charge >= 0.3 is 5.97 Å². The summed E-state index contributed by atoms with van der Waals surface area (Å²) in [7, 11) is -3.86. The van der Waals surface area contributed by atoms with Gasteiger partial charge in [0, 0.05) is 19.1 Å². The number of benzene rings is 2. The summed E-state index contributed by atoms with van der Waals surface area (Å²) in [5, 5.41) is 9.48. The quantitative estimate of drug-likeness (QED) is 0.654. The Labute approximate surface area is 196 Å². The van der Waals surface area contributed by atoms with Crippen LogP contribution in [0.4, 0.5) is 11.4 Å². The van der Waals surface area contributed by atoms with Crippen molar-refractivity contribution in [2.45, 2.75) is 56.9 Å². The molecular weight excluding hydrogens is 438 g/mol. The van der Waals surface area contributed by atoms with E-state index in [1.54, 1.807) is 30.3 Å². The number of aromatic carboxylic acids is 1. The molecule has 178 valence electrons. The maximum atomic E-state index is 13.2. The predicted octanol–water partition coefficient (Wildman–Crippen LogP) is 4.26. The maximum Gasteiger partial charge on any atom is 0.335 e. The van der Waals surface area contributed by atoms with Crippen molar-refractivity contribution in [3.8, 4) is 0 Å². The third kappa shape index (κ3) is 5.33. The summed E-state index contributed by atoms with van der Waals surface area (Å²) in [4.78, 5) is 16.5. The minimum absolute atomic E-state index is 0.0553. The van der Waals surface area contributed by atoms with Crippen molar-refractivity contribution in [3.63, 3.8) is 0 Å². The number of nitrogens with zero attached hydrogens (tertiary/aromatic N) is 2. The van der Waals surface area contributed by atoms with Crippen molar-refractivity contribution < 1.29 is 18.3 Å². The summed E-state index contributed by atoms with van der Waals surface area (Å²) >= 11 is 0. The Hall–Kier alpha value is -2.58. The second kappa shape index (κ2) is 9.73. The summed E-state index contributed by atoms with van der Waals surface area (Å²) in [6.45, 7) is 7.76. The number of nitrogens with one attached hydrogen (secondary N) is 1. The van der Waals surface area contributed by atoms with E-state index in [1.807, 2.05) is 13.8 Å². The Balaban J connectivity index is 1.58. The SMILES string of the molecule is Cc1ccc(S(=O)(=O)Nc2cc(C(=O)O)ccc2N2CCC(N3CCCCC3)CC2)cc1C. The van der Waals surface area contributed by atoms with Crippen LogP contribution in [0.25, 0.3) is 0 Å². The zero-order valence-electron chi connectivity index (χ0n) is 19.4. The van der Waals surface area contributed by atoms with Crippen molar-refractivity contribution in [3.05, 3.63) is 53.1 Å². The van der Waals surface area contributed by atoms with Crippen molar-refractivity contribution >= 4 is 27.4 Å².